The van der Waals surface area contributed by atoms with Gasteiger partial charge in [0, 0.05) is 12.0 Å². The maximum atomic E-state index is 5.69. The van der Waals surface area contributed by atoms with Gasteiger partial charge in [0.2, 0.25) is 0 Å². The number of benzene rings is 1. The summed E-state index contributed by atoms with van der Waals surface area (Å²) in [6, 6.07) is 11.0. The number of hydrogen-bond donors (Lipinski definition) is 0. The molecule has 102 valence electrons. The van der Waals surface area contributed by atoms with Gasteiger partial charge in [0.25, 0.3) is 0 Å². The van der Waals surface area contributed by atoms with Gasteiger partial charge in [-0.2, -0.15) is 0 Å². The van der Waals surface area contributed by atoms with Gasteiger partial charge in [-0.15, -0.1) is 0 Å². The Morgan fingerprint density at radius 2 is 1.56 bits per heavy atom. The first-order valence-electron chi connectivity index (χ1n) is 7.33. The molecule has 0 heterocycles. The van der Waals surface area contributed by atoms with Crippen LogP contribution >= 0.6 is 0 Å². The molecule has 0 unspecified atom stereocenters. The molecular formula is C16H28OSi. The second-order valence-corrected chi connectivity index (χ2v) is 5.86. The Bertz CT molecular complexity index is 302. The van der Waals surface area contributed by atoms with E-state index in [9.17, 15) is 0 Å². The van der Waals surface area contributed by atoms with Gasteiger partial charge in [0.1, 0.15) is 10.5 Å². The molecule has 0 amide bonds. The van der Waals surface area contributed by atoms with E-state index in [1.54, 1.807) is 0 Å². The van der Waals surface area contributed by atoms with Crippen LogP contribution < -0.4 is 0 Å². The minimum absolute atomic E-state index is 0.259. The molecule has 0 spiro atoms. The lowest BCUT2D eigenvalue weighted by Gasteiger charge is -2.34. The zero-order valence-corrected chi connectivity index (χ0v) is 14.2. The monoisotopic (exact) mass is 264 g/mol. The Kier molecular flexibility index (Phi) is 7.29. The highest BCUT2D eigenvalue weighted by molar-refractivity contribution is 5.98. The summed E-state index contributed by atoms with van der Waals surface area (Å²) >= 11 is 0. The van der Waals surface area contributed by atoms with E-state index in [0.29, 0.717) is 0 Å². The molecule has 0 saturated heterocycles. The van der Waals surface area contributed by atoms with Gasteiger partial charge in [-0.05, 0) is 18.4 Å². The van der Waals surface area contributed by atoms with Gasteiger partial charge in [-0.25, -0.2) is 0 Å². The summed E-state index contributed by atoms with van der Waals surface area (Å²) in [6.45, 7) is 5.46. The third-order valence-electron chi connectivity index (χ3n) is 3.82. The quantitative estimate of drug-likeness (QED) is 0.619. The van der Waals surface area contributed by atoms with Gasteiger partial charge in [-0.3, -0.25) is 0 Å². The van der Waals surface area contributed by atoms with E-state index in [-0.39, 0.29) is 5.41 Å². The zero-order chi connectivity index (χ0) is 13.3. The number of hydrogen-bond acceptors (Lipinski definition) is 1. The molecule has 0 aliphatic carbocycles. The summed E-state index contributed by atoms with van der Waals surface area (Å²) in [5, 5.41) is 0. The Morgan fingerprint density at radius 1 is 1.00 bits per heavy atom. The minimum atomic E-state index is 0.259. The van der Waals surface area contributed by atoms with E-state index in [1.807, 2.05) is 0 Å². The molecule has 0 fully saturated rings. The second kappa shape index (κ2) is 8.49. The molecule has 0 saturated carbocycles. The fourth-order valence-corrected chi connectivity index (χ4v) is 3.29. The fourth-order valence-electron chi connectivity index (χ4n) is 2.74. The molecule has 1 rings (SSSR count). The van der Waals surface area contributed by atoms with Crippen LogP contribution in [0.4, 0.5) is 0 Å². The van der Waals surface area contributed by atoms with Gasteiger partial charge in [0.15, 0.2) is 0 Å². The van der Waals surface area contributed by atoms with Crippen molar-refractivity contribution >= 4 is 10.5 Å². The topological polar surface area (TPSA) is 9.23 Å². The number of rotatable bonds is 9. The Morgan fingerprint density at radius 3 is 2.00 bits per heavy atom. The first-order chi connectivity index (χ1) is 8.79. The SMILES string of the molecule is CCCCC(CCCC)(CO[SiH3])c1ccccc1. The van der Waals surface area contributed by atoms with Crippen LogP contribution in [0.2, 0.25) is 0 Å². The van der Waals surface area contributed by atoms with Crippen molar-refractivity contribution in [2.45, 2.75) is 57.8 Å². The van der Waals surface area contributed by atoms with Gasteiger partial charge in [0.05, 0.1) is 0 Å². The van der Waals surface area contributed by atoms with Crippen molar-refractivity contribution in [2.24, 2.45) is 0 Å². The Hall–Kier alpha value is -0.603. The highest BCUT2D eigenvalue weighted by Crippen LogP contribution is 2.35. The lowest BCUT2D eigenvalue weighted by atomic mass is 9.73. The lowest BCUT2D eigenvalue weighted by molar-refractivity contribution is 0.199. The summed E-state index contributed by atoms with van der Waals surface area (Å²) in [4.78, 5) is 0. The van der Waals surface area contributed by atoms with Crippen LogP contribution in [-0.4, -0.2) is 17.1 Å². The standard InChI is InChI=1S/C16H28OSi/c1-3-5-12-16(14-17-18,13-6-4-2)15-10-8-7-9-11-15/h7-11H,3-6,12-14H2,1-2,18H3. The van der Waals surface area contributed by atoms with Crippen molar-refractivity contribution in [2.75, 3.05) is 6.61 Å². The van der Waals surface area contributed by atoms with Crippen LogP contribution in [-0.2, 0) is 9.84 Å². The van der Waals surface area contributed by atoms with Gasteiger partial charge < -0.3 is 4.43 Å². The van der Waals surface area contributed by atoms with E-state index in [4.69, 9.17) is 4.43 Å². The maximum Gasteiger partial charge on any atom is 0.146 e. The molecule has 2 heteroatoms. The fraction of sp³-hybridized carbons (Fsp3) is 0.625. The van der Waals surface area contributed by atoms with Crippen molar-refractivity contribution in [3.8, 4) is 0 Å². The van der Waals surface area contributed by atoms with Crippen LogP contribution in [0.25, 0.3) is 0 Å². The predicted molar refractivity (Wildman–Crippen MR) is 83.1 cm³/mol. The Balaban J connectivity index is 2.94. The van der Waals surface area contributed by atoms with Crippen molar-refractivity contribution in [3.63, 3.8) is 0 Å². The van der Waals surface area contributed by atoms with Crippen LogP contribution in [0.15, 0.2) is 30.3 Å². The number of unbranched alkanes of at least 4 members (excludes halogenated alkanes) is 2. The van der Waals surface area contributed by atoms with Crippen LogP contribution in [0.3, 0.4) is 0 Å². The molecule has 1 nitrogen and oxygen atoms in total. The third-order valence-corrected chi connectivity index (χ3v) is 4.11. The van der Waals surface area contributed by atoms with Crippen molar-refractivity contribution in [1.82, 2.24) is 0 Å². The molecule has 0 atom stereocenters. The van der Waals surface area contributed by atoms with Crippen molar-refractivity contribution in [3.05, 3.63) is 35.9 Å². The van der Waals surface area contributed by atoms with Crippen LogP contribution in [0.1, 0.15) is 57.9 Å². The highest BCUT2D eigenvalue weighted by Gasteiger charge is 2.30. The smallest absolute Gasteiger partial charge is 0.146 e. The average molecular weight is 264 g/mol. The largest absolute Gasteiger partial charge is 0.427 e. The predicted octanol–water partition coefficient (Wildman–Crippen LogP) is 3.60. The maximum absolute atomic E-state index is 5.69. The normalized spacial score (nSPS) is 11.9. The molecule has 0 aliphatic rings. The van der Waals surface area contributed by atoms with Crippen molar-refractivity contribution < 1.29 is 4.43 Å². The van der Waals surface area contributed by atoms with Crippen LogP contribution in [0.5, 0.6) is 0 Å². The highest BCUT2D eigenvalue weighted by atomic mass is 28.2. The molecule has 0 aliphatic heterocycles. The summed E-state index contributed by atoms with van der Waals surface area (Å²) in [5.74, 6) is 0. The molecular weight excluding hydrogens is 236 g/mol. The third kappa shape index (κ3) is 4.25. The second-order valence-electron chi connectivity index (χ2n) is 5.29. The van der Waals surface area contributed by atoms with E-state index < -0.39 is 0 Å². The molecule has 0 aromatic heterocycles. The average Bonchev–Trinajstić information content (AvgIpc) is 2.43. The summed E-state index contributed by atoms with van der Waals surface area (Å²) in [7, 11) is 0.838. The zero-order valence-electron chi connectivity index (χ0n) is 12.2. The van der Waals surface area contributed by atoms with E-state index in [1.165, 1.54) is 44.1 Å². The van der Waals surface area contributed by atoms with E-state index in [0.717, 1.165) is 17.1 Å². The van der Waals surface area contributed by atoms with Crippen molar-refractivity contribution in [1.29, 1.82) is 0 Å². The summed E-state index contributed by atoms with van der Waals surface area (Å²) in [6.07, 6.45) is 7.64. The van der Waals surface area contributed by atoms with Gasteiger partial charge in [-0.1, -0.05) is 69.9 Å². The first-order valence-corrected chi connectivity index (χ1v) is 8.15. The first kappa shape index (κ1) is 15.5. The molecule has 0 radical (unpaired) electrons. The molecule has 1 aromatic rings. The van der Waals surface area contributed by atoms with Gasteiger partial charge >= 0.3 is 0 Å². The van der Waals surface area contributed by atoms with E-state index in [2.05, 4.69) is 44.2 Å². The van der Waals surface area contributed by atoms with E-state index >= 15 is 0 Å². The Labute approximate surface area is 115 Å². The van der Waals surface area contributed by atoms with Crippen LogP contribution in [0, 0.1) is 0 Å². The lowest BCUT2D eigenvalue weighted by Crippen LogP contribution is -2.32. The summed E-state index contributed by atoms with van der Waals surface area (Å²) in [5.41, 5.74) is 1.73. The minimum Gasteiger partial charge on any atom is -0.427 e. The molecule has 18 heavy (non-hydrogen) atoms. The molecule has 0 N–H and O–H groups in total. The summed E-state index contributed by atoms with van der Waals surface area (Å²) < 4.78 is 5.69. The molecule has 0 bridgehead atoms. The molecule has 1 aromatic carbocycles.